The molecule has 2 unspecified atom stereocenters. The Morgan fingerprint density at radius 1 is 1.18 bits per heavy atom. The molecule has 166 valence electrons. The predicted octanol–water partition coefficient (Wildman–Crippen LogP) is 5.18. The first-order valence-corrected chi connectivity index (χ1v) is 10.8. The van der Waals surface area contributed by atoms with Gasteiger partial charge in [-0.3, -0.25) is 0 Å². The molecule has 0 saturated carbocycles. The summed E-state index contributed by atoms with van der Waals surface area (Å²) in [5.74, 6) is -1.21. The molecule has 0 spiro atoms. The van der Waals surface area contributed by atoms with E-state index in [9.17, 15) is 14.4 Å². The second kappa shape index (κ2) is 9.35. The minimum atomic E-state index is -1.05. The molecule has 0 amide bonds. The highest BCUT2D eigenvalue weighted by Gasteiger charge is 2.31. The van der Waals surface area contributed by atoms with Crippen molar-refractivity contribution in [1.82, 2.24) is 0 Å². The standard InChI is InChI=1S/C25H18BrFN2O4/c1-14(31-21-5-3-2-4-20(21)27)25(30)32-17-10-11-18-22(12-17)33-24(29)19(13-28)23(18)15-6-8-16(26)9-7-15/h2-12,14,23H,29H2,1H3. The number of nitrogens with zero attached hydrogens (tertiary/aromatic N) is 1. The summed E-state index contributed by atoms with van der Waals surface area (Å²) >= 11 is 3.41. The van der Waals surface area contributed by atoms with Gasteiger partial charge in [-0.1, -0.05) is 46.3 Å². The van der Waals surface area contributed by atoms with Gasteiger partial charge in [0, 0.05) is 16.1 Å². The molecule has 4 rings (SSSR count). The Labute approximate surface area is 198 Å². The number of esters is 1. The van der Waals surface area contributed by atoms with Crippen molar-refractivity contribution in [3.8, 4) is 23.3 Å². The van der Waals surface area contributed by atoms with E-state index in [0.717, 1.165) is 10.0 Å². The number of nitriles is 1. The van der Waals surface area contributed by atoms with Crippen LogP contribution in [0.1, 0.15) is 24.0 Å². The number of halogens is 2. The topological polar surface area (TPSA) is 94.6 Å². The molecule has 3 aromatic carbocycles. The van der Waals surface area contributed by atoms with E-state index in [4.69, 9.17) is 19.9 Å². The number of carbonyl (C=O) groups excluding carboxylic acids is 1. The summed E-state index contributed by atoms with van der Waals surface area (Å²) < 4.78 is 31.1. The van der Waals surface area contributed by atoms with Gasteiger partial charge in [0.15, 0.2) is 17.7 Å². The number of fused-ring (bicyclic) bond motifs is 1. The largest absolute Gasteiger partial charge is 0.476 e. The maximum atomic E-state index is 13.8. The van der Waals surface area contributed by atoms with Crippen LogP contribution in [0.3, 0.4) is 0 Å². The predicted molar refractivity (Wildman–Crippen MR) is 122 cm³/mol. The van der Waals surface area contributed by atoms with Crippen molar-refractivity contribution in [3.63, 3.8) is 0 Å². The Morgan fingerprint density at radius 3 is 2.61 bits per heavy atom. The maximum absolute atomic E-state index is 13.8. The number of hydrogen-bond acceptors (Lipinski definition) is 6. The molecule has 1 aliphatic rings. The molecule has 3 aromatic rings. The van der Waals surface area contributed by atoms with E-state index in [1.807, 2.05) is 24.3 Å². The lowest BCUT2D eigenvalue weighted by molar-refractivity contribution is -0.141. The summed E-state index contributed by atoms with van der Waals surface area (Å²) in [6.45, 7) is 1.47. The fourth-order valence-electron chi connectivity index (χ4n) is 3.48. The third-order valence-corrected chi connectivity index (χ3v) is 5.61. The zero-order valence-electron chi connectivity index (χ0n) is 17.4. The van der Waals surface area contributed by atoms with Gasteiger partial charge in [-0.05, 0) is 42.8 Å². The van der Waals surface area contributed by atoms with Crippen LogP contribution < -0.4 is 19.9 Å². The summed E-state index contributed by atoms with van der Waals surface area (Å²) in [7, 11) is 0. The Morgan fingerprint density at radius 2 is 1.91 bits per heavy atom. The van der Waals surface area contributed by atoms with Crippen molar-refractivity contribution in [2.45, 2.75) is 18.9 Å². The minimum absolute atomic E-state index is 0.0161. The number of ether oxygens (including phenoxy) is 3. The summed E-state index contributed by atoms with van der Waals surface area (Å²) in [4.78, 5) is 12.5. The lowest BCUT2D eigenvalue weighted by Gasteiger charge is -2.26. The average molecular weight is 509 g/mol. The maximum Gasteiger partial charge on any atom is 0.352 e. The van der Waals surface area contributed by atoms with Crippen molar-refractivity contribution < 1.29 is 23.4 Å². The first-order chi connectivity index (χ1) is 15.9. The number of carbonyl (C=O) groups is 1. The number of hydrogen-bond donors (Lipinski definition) is 1. The molecule has 2 N–H and O–H groups in total. The highest BCUT2D eigenvalue weighted by Crippen LogP contribution is 2.43. The van der Waals surface area contributed by atoms with Crippen molar-refractivity contribution in [2.24, 2.45) is 5.73 Å². The van der Waals surface area contributed by atoms with E-state index in [0.29, 0.717) is 16.9 Å². The summed E-state index contributed by atoms with van der Waals surface area (Å²) in [5, 5.41) is 9.66. The Kier molecular flexibility index (Phi) is 6.33. The normalized spacial score (nSPS) is 15.6. The number of allylic oxidation sites excluding steroid dienone is 1. The van der Waals surface area contributed by atoms with Gasteiger partial charge in [-0.25, -0.2) is 9.18 Å². The van der Waals surface area contributed by atoms with E-state index in [-0.39, 0.29) is 17.4 Å². The van der Waals surface area contributed by atoms with Gasteiger partial charge >= 0.3 is 5.97 Å². The summed E-state index contributed by atoms with van der Waals surface area (Å²) in [6.07, 6.45) is -1.05. The van der Waals surface area contributed by atoms with Crippen LogP contribution in [0.5, 0.6) is 17.2 Å². The van der Waals surface area contributed by atoms with Crippen LogP contribution in [0, 0.1) is 17.1 Å². The number of nitrogens with two attached hydrogens (primary N) is 1. The molecule has 0 aromatic heterocycles. The zero-order chi connectivity index (χ0) is 23.5. The molecular weight excluding hydrogens is 491 g/mol. The highest BCUT2D eigenvalue weighted by molar-refractivity contribution is 9.10. The van der Waals surface area contributed by atoms with Gasteiger partial charge in [0.1, 0.15) is 23.1 Å². The van der Waals surface area contributed by atoms with Crippen LogP contribution in [0.2, 0.25) is 0 Å². The fraction of sp³-hybridized carbons (Fsp3) is 0.120. The minimum Gasteiger partial charge on any atom is -0.476 e. The second-order valence-electron chi connectivity index (χ2n) is 7.29. The molecule has 0 fully saturated rings. The molecule has 0 aliphatic carbocycles. The van der Waals surface area contributed by atoms with Gasteiger partial charge in [-0.2, -0.15) is 5.26 Å². The second-order valence-corrected chi connectivity index (χ2v) is 8.20. The van der Waals surface area contributed by atoms with E-state index >= 15 is 0 Å². The van der Waals surface area contributed by atoms with Crippen LogP contribution in [0.15, 0.2) is 82.7 Å². The Bertz CT molecular complexity index is 1280. The molecular formula is C25H18BrFN2O4. The third-order valence-electron chi connectivity index (χ3n) is 5.08. The van der Waals surface area contributed by atoms with Gasteiger partial charge in [0.2, 0.25) is 5.88 Å². The quantitative estimate of drug-likeness (QED) is 0.376. The van der Waals surface area contributed by atoms with E-state index in [2.05, 4.69) is 22.0 Å². The van der Waals surface area contributed by atoms with Crippen molar-refractivity contribution in [3.05, 3.63) is 99.6 Å². The molecule has 0 bridgehead atoms. The average Bonchev–Trinajstić information content (AvgIpc) is 2.80. The monoisotopic (exact) mass is 508 g/mol. The van der Waals surface area contributed by atoms with Crippen LogP contribution in [-0.2, 0) is 4.79 Å². The number of para-hydroxylation sites is 1. The molecule has 0 saturated heterocycles. The Balaban J connectivity index is 1.58. The van der Waals surface area contributed by atoms with Gasteiger partial charge in [-0.15, -0.1) is 0 Å². The lowest BCUT2D eigenvalue weighted by Crippen LogP contribution is -2.29. The number of rotatable bonds is 5. The van der Waals surface area contributed by atoms with E-state index in [1.165, 1.54) is 31.2 Å². The van der Waals surface area contributed by atoms with Crippen molar-refractivity contribution >= 4 is 21.9 Å². The van der Waals surface area contributed by atoms with E-state index < -0.39 is 23.8 Å². The Hall–Kier alpha value is -3.83. The van der Waals surface area contributed by atoms with Crippen LogP contribution in [0.25, 0.3) is 0 Å². The summed E-state index contributed by atoms with van der Waals surface area (Å²) in [6, 6.07) is 20.3. The highest BCUT2D eigenvalue weighted by atomic mass is 79.9. The third kappa shape index (κ3) is 4.69. The molecule has 33 heavy (non-hydrogen) atoms. The molecule has 6 nitrogen and oxygen atoms in total. The zero-order valence-corrected chi connectivity index (χ0v) is 19.0. The number of benzene rings is 3. The fourth-order valence-corrected chi connectivity index (χ4v) is 3.74. The van der Waals surface area contributed by atoms with E-state index in [1.54, 1.807) is 18.2 Å². The molecule has 1 aliphatic heterocycles. The van der Waals surface area contributed by atoms with Gasteiger partial charge in [0.25, 0.3) is 0 Å². The first-order valence-electron chi connectivity index (χ1n) is 9.97. The summed E-state index contributed by atoms with van der Waals surface area (Å²) in [5.41, 5.74) is 7.88. The van der Waals surface area contributed by atoms with Crippen LogP contribution in [0.4, 0.5) is 4.39 Å². The van der Waals surface area contributed by atoms with Crippen LogP contribution in [-0.4, -0.2) is 12.1 Å². The molecule has 8 heteroatoms. The molecule has 1 heterocycles. The van der Waals surface area contributed by atoms with Gasteiger partial charge in [0.05, 0.1) is 5.92 Å². The van der Waals surface area contributed by atoms with Crippen molar-refractivity contribution in [1.29, 1.82) is 5.26 Å². The SMILES string of the molecule is CC(Oc1ccccc1F)C(=O)Oc1ccc2c(c1)OC(N)=C(C#N)C2c1ccc(Br)cc1. The first kappa shape index (κ1) is 22.4. The van der Waals surface area contributed by atoms with Crippen LogP contribution >= 0.6 is 15.9 Å². The van der Waals surface area contributed by atoms with Gasteiger partial charge < -0.3 is 19.9 Å². The molecule has 2 atom stereocenters. The van der Waals surface area contributed by atoms with Crippen molar-refractivity contribution in [2.75, 3.05) is 0 Å². The molecule has 0 radical (unpaired) electrons. The lowest BCUT2D eigenvalue weighted by atomic mass is 9.83. The smallest absolute Gasteiger partial charge is 0.352 e.